The first-order valence-electron chi connectivity index (χ1n) is 5.90. The Morgan fingerprint density at radius 3 is 2.44 bits per heavy atom. The third kappa shape index (κ3) is 2.68. The minimum absolute atomic E-state index is 0.157. The SMILES string of the molecule is Cc1ccccc1NC(CO)c1ccccc1F. The molecule has 0 spiro atoms. The van der Waals surface area contributed by atoms with Crippen molar-refractivity contribution in [3.63, 3.8) is 0 Å². The van der Waals surface area contributed by atoms with Gasteiger partial charge in [0.1, 0.15) is 5.82 Å². The molecule has 0 aliphatic rings. The fourth-order valence-corrected chi connectivity index (χ4v) is 1.90. The highest BCUT2D eigenvalue weighted by Crippen LogP contribution is 2.23. The molecule has 2 rings (SSSR count). The Morgan fingerprint density at radius 1 is 1.11 bits per heavy atom. The molecule has 0 heterocycles. The third-order valence-corrected chi connectivity index (χ3v) is 2.94. The first kappa shape index (κ1) is 12.6. The lowest BCUT2D eigenvalue weighted by Crippen LogP contribution is -2.16. The van der Waals surface area contributed by atoms with E-state index in [4.69, 9.17) is 0 Å². The highest BCUT2D eigenvalue weighted by Gasteiger charge is 2.14. The second-order valence-corrected chi connectivity index (χ2v) is 4.22. The van der Waals surface area contributed by atoms with Crippen molar-refractivity contribution >= 4 is 5.69 Å². The van der Waals surface area contributed by atoms with Gasteiger partial charge in [0.15, 0.2) is 0 Å². The van der Waals surface area contributed by atoms with Crippen LogP contribution in [-0.2, 0) is 0 Å². The van der Waals surface area contributed by atoms with Gasteiger partial charge in [0.05, 0.1) is 12.6 Å². The minimum atomic E-state index is -0.438. The topological polar surface area (TPSA) is 32.3 Å². The summed E-state index contributed by atoms with van der Waals surface area (Å²) in [5, 5.41) is 12.6. The lowest BCUT2D eigenvalue weighted by atomic mass is 10.1. The predicted molar refractivity (Wildman–Crippen MR) is 71.0 cm³/mol. The van der Waals surface area contributed by atoms with Crippen LogP contribution < -0.4 is 5.32 Å². The molecule has 0 saturated heterocycles. The van der Waals surface area contributed by atoms with E-state index >= 15 is 0 Å². The van der Waals surface area contributed by atoms with Gasteiger partial charge in [0.25, 0.3) is 0 Å². The van der Waals surface area contributed by atoms with Crippen molar-refractivity contribution in [1.82, 2.24) is 0 Å². The molecule has 94 valence electrons. The molecule has 1 atom stereocenters. The van der Waals surface area contributed by atoms with Gasteiger partial charge in [-0.1, -0.05) is 36.4 Å². The molecule has 0 radical (unpaired) electrons. The maximum atomic E-state index is 13.7. The van der Waals surface area contributed by atoms with Crippen LogP contribution in [0.2, 0.25) is 0 Å². The summed E-state index contributed by atoms with van der Waals surface area (Å²) in [5.74, 6) is -0.308. The van der Waals surface area contributed by atoms with Crippen LogP contribution in [0.5, 0.6) is 0 Å². The summed E-state index contributed by atoms with van der Waals surface area (Å²) in [7, 11) is 0. The molecule has 2 nitrogen and oxygen atoms in total. The molecule has 3 heteroatoms. The van der Waals surface area contributed by atoms with Crippen LogP contribution in [0, 0.1) is 12.7 Å². The van der Waals surface area contributed by atoms with Crippen molar-refractivity contribution in [1.29, 1.82) is 0 Å². The van der Waals surface area contributed by atoms with Gasteiger partial charge < -0.3 is 10.4 Å². The van der Waals surface area contributed by atoms with E-state index < -0.39 is 6.04 Å². The smallest absolute Gasteiger partial charge is 0.128 e. The van der Waals surface area contributed by atoms with E-state index in [1.165, 1.54) is 6.07 Å². The molecular weight excluding hydrogens is 229 g/mol. The zero-order valence-corrected chi connectivity index (χ0v) is 10.2. The van der Waals surface area contributed by atoms with Crippen LogP contribution in [0.4, 0.5) is 10.1 Å². The first-order chi connectivity index (χ1) is 8.72. The van der Waals surface area contributed by atoms with Gasteiger partial charge in [-0.2, -0.15) is 0 Å². The van der Waals surface area contributed by atoms with E-state index in [9.17, 15) is 9.50 Å². The van der Waals surface area contributed by atoms with Crippen LogP contribution in [0.15, 0.2) is 48.5 Å². The van der Waals surface area contributed by atoms with Crippen LogP contribution in [0.25, 0.3) is 0 Å². The van der Waals surface area contributed by atoms with Crippen molar-refractivity contribution in [2.75, 3.05) is 11.9 Å². The van der Waals surface area contributed by atoms with E-state index in [2.05, 4.69) is 5.32 Å². The highest BCUT2D eigenvalue weighted by molar-refractivity contribution is 5.52. The van der Waals surface area contributed by atoms with Gasteiger partial charge in [-0.3, -0.25) is 0 Å². The first-order valence-corrected chi connectivity index (χ1v) is 5.90. The number of aliphatic hydroxyl groups excluding tert-OH is 1. The number of para-hydroxylation sites is 1. The molecule has 2 aromatic rings. The molecule has 0 fully saturated rings. The standard InChI is InChI=1S/C15H16FNO/c1-11-6-2-5-9-14(11)17-15(10-18)12-7-3-4-8-13(12)16/h2-9,15,17-18H,10H2,1H3. The van der Waals surface area contributed by atoms with Crippen LogP contribution >= 0.6 is 0 Å². The van der Waals surface area contributed by atoms with Crippen molar-refractivity contribution in [3.8, 4) is 0 Å². The summed E-state index contributed by atoms with van der Waals surface area (Å²) in [4.78, 5) is 0. The summed E-state index contributed by atoms with van der Waals surface area (Å²) in [6, 6.07) is 13.8. The second-order valence-electron chi connectivity index (χ2n) is 4.22. The molecule has 1 unspecified atom stereocenters. The highest BCUT2D eigenvalue weighted by atomic mass is 19.1. The molecular formula is C15H16FNO. The number of anilines is 1. The lowest BCUT2D eigenvalue weighted by Gasteiger charge is -2.19. The molecule has 0 saturated carbocycles. The Bertz CT molecular complexity index is 527. The summed E-state index contributed by atoms with van der Waals surface area (Å²) in [6.07, 6.45) is 0. The van der Waals surface area contributed by atoms with Crippen LogP contribution in [0.1, 0.15) is 17.2 Å². The Hall–Kier alpha value is -1.87. The van der Waals surface area contributed by atoms with Crippen molar-refractivity contribution in [3.05, 3.63) is 65.5 Å². The summed E-state index contributed by atoms with van der Waals surface area (Å²) < 4.78 is 13.7. The lowest BCUT2D eigenvalue weighted by molar-refractivity contribution is 0.274. The Balaban J connectivity index is 2.26. The van der Waals surface area contributed by atoms with Crippen molar-refractivity contribution in [2.24, 2.45) is 0 Å². The summed E-state index contributed by atoms with van der Waals surface area (Å²) >= 11 is 0. The fraction of sp³-hybridized carbons (Fsp3) is 0.200. The average Bonchev–Trinajstić information content (AvgIpc) is 2.39. The minimum Gasteiger partial charge on any atom is -0.394 e. The molecule has 0 aliphatic carbocycles. The molecule has 0 aromatic heterocycles. The van der Waals surface area contributed by atoms with Crippen molar-refractivity contribution < 1.29 is 9.50 Å². The normalized spacial score (nSPS) is 12.2. The second kappa shape index (κ2) is 5.65. The Labute approximate surface area is 106 Å². The predicted octanol–water partition coefficient (Wildman–Crippen LogP) is 3.28. The zero-order valence-electron chi connectivity index (χ0n) is 10.2. The Kier molecular flexibility index (Phi) is 3.95. The number of aryl methyl sites for hydroxylation is 1. The zero-order chi connectivity index (χ0) is 13.0. The summed E-state index contributed by atoms with van der Waals surface area (Å²) in [6.45, 7) is 1.81. The maximum Gasteiger partial charge on any atom is 0.128 e. The largest absolute Gasteiger partial charge is 0.394 e. The number of benzene rings is 2. The van der Waals surface area contributed by atoms with Crippen LogP contribution in [0.3, 0.4) is 0 Å². The number of rotatable bonds is 4. The molecule has 18 heavy (non-hydrogen) atoms. The monoisotopic (exact) mass is 245 g/mol. The van der Waals surface area contributed by atoms with Crippen molar-refractivity contribution in [2.45, 2.75) is 13.0 Å². The van der Waals surface area contributed by atoms with Gasteiger partial charge in [0.2, 0.25) is 0 Å². The number of hydrogen-bond donors (Lipinski definition) is 2. The number of nitrogens with one attached hydrogen (secondary N) is 1. The van der Waals surface area contributed by atoms with Gasteiger partial charge in [-0.25, -0.2) is 4.39 Å². The Morgan fingerprint density at radius 2 is 1.78 bits per heavy atom. The maximum absolute atomic E-state index is 13.7. The van der Waals surface area contributed by atoms with Gasteiger partial charge in [-0.05, 0) is 24.6 Å². The molecule has 0 aliphatic heterocycles. The quantitative estimate of drug-likeness (QED) is 0.866. The van der Waals surface area contributed by atoms with E-state index in [1.807, 2.05) is 31.2 Å². The number of aliphatic hydroxyl groups is 1. The fourth-order valence-electron chi connectivity index (χ4n) is 1.90. The van der Waals surface area contributed by atoms with Gasteiger partial charge in [-0.15, -0.1) is 0 Å². The summed E-state index contributed by atoms with van der Waals surface area (Å²) in [5.41, 5.74) is 2.44. The van der Waals surface area contributed by atoms with E-state index in [0.717, 1.165) is 11.3 Å². The van der Waals surface area contributed by atoms with Gasteiger partial charge in [0, 0.05) is 11.3 Å². The number of halogens is 1. The third-order valence-electron chi connectivity index (χ3n) is 2.94. The average molecular weight is 245 g/mol. The van der Waals surface area contributed by atoms with E-state index in [1.54, 1.807) is 18.2 Å². The molecule has 0 bridgehead atoms. The number of hydrogen-bond acceptors (Lipinski definition) is 2. The van der Waals surface area contributed by atoms with Crippen LogP contribution in [-0.4, -0.2) is 11.7 Å². The van der Waals surface area contributed by atoms with E-state index in [-0.39, 0.29) is 12.4 Å². The van der Waals surface area contributed by atoms with Gasteiger partial charge >= 0.3 is 0 Å². The molecule has 0 amide bonds. The molecule has 2 aromatic carbocycles. The van der Waals surface area contributed by atoms with E-state index in [0.29, 0.717) is 5.56 Å². The molecule has 2 N–H and O–H groups in total.